The lowest BCUT2D eigenvalue weighted by atomic mass is 10.1. The topological polar surface area (TPSA) is 59.0 Å². The Balaban J connectivity index is 2.24. The van der Waals surface area contributed by atoms with E-state index in [4.69, 9.17) is 21.1 Å². The molecule has 1 aromatic rings. The molecule has 0 saturated heterocycles. The van der Waals surface area contributed by atoms with Crippen LogP contribution in [0.3, 0.4) is 0 Å². The van der Waals surface area contributed by atoms with Gasteiger partial charge in [-0.2, -0.15) is 0 Å². The molecule has 1 aliphatic rings. The number of hydrogen-bond donors (Lipinski definition) is 1. The molecule has 0 aromatic heterocycles. The molecule has 1 N–H and O–H groups in total. The molecule has 1 aliphatic heterocycles. The normalized spacial score (nSPS) is 14.1. The second-order valence-corrected chi connectivity index (χ2v) is 5.86. The predicted octanol–water partition coefficient (Wildman–Crippen LogP) is 1.95. The van der Waals surface area contributed by atoms with Crippen LogP contribution in [0.15, 0.2) is 12.1 Å². The Labute approximate surface area is 123 Å². The number of nitrogens with zero attached hydrogens (tertiary/aromatic N) is 1. The molecule has 1 heterocycles. The number of aliphatic hydroxyl groups is 1. The Morgan fingerprint density at radius 1 is 1.40 bits per heavy atom. The molecule has 0 spiro atoms. The highest BCUT2D eigenvalue weighted by Crippen LogP contribution is 2.38. The van der Waals surface area contributed by atoms with Gasteiger partial charge in [0.2, 0.25) is 0 Å². The number of hydrogen-bond acceptors (Lipinski definition) is 4. The van der Waals surface area contributed by atoms with E-state index < -0.39 is 5.60 Å². The Bertz CT molecular complexity index is 525. The van der Waals surface area contributed by atoms with Gasteiger partial charge in [0, 0.05) is 19.2 Å². The fraction of sp³-hybridized carbons (Fsp3) is 0.500. The first-order chi connectivity index (χ1) is 9.28. The van der Waals surface area contributed by atoms with Crippen LogP contribution in [0.4, 0.5) is 0 Å². The summed E-state index contributed by atoms with van der Waals surface area (Å²) in [4.78, 5) is 13.8. The van der Waals surface area contributed by atoms with Gasteiger partial charge in [-0.05, 0) is 26.0 Å². The van der Waals surface area contributed by atoms with Crippen molar-refractivity contribution < 1.29 is 19.4 Å². The van der Waals surface area contributed by atoms with E-state index in [9.17, 15) is 9.90 Å². The molecule has 0 aliphatic carbocycles. The molecule has 0 fully saturated rings. The number of amides is 1. The molecule has 20 heavy (non-hydrogen) atoms. The molecular formula is C14H18ClNO4. The highest BCUT2D eigenvalue weighted by molar-refractivity contribution is 6.32. The van der Waals surface area contributed by atoms with E-state index in [0.717, 1.165) is 0 Å². The maximum Gasteiger partial charge on any atom is 0.253 e. The zero-order valence-electron chi connectivity index (χ0n) is 11.8. The van der Waals surface area contributed by atoms with Gasteiger partial charge in [0.15, 0.2) is 11.5 Å². The predicted molar refractivity (Wildman–Crippen MR) is 75.7 cm³/mol. The summed E-state index contributed by atoms with van der Waals surface area (Å²) in [7, 11) is 1.63. The van der Waals surface area contributed by atoms with Crippen LogP contribution in [-0.2, 0) is 0 Å². The second kappa shape index (κ2) is 5.50. The van der Waals surface area contributed by atoms with E-state index in [-0.39, 0.29) is 12.5 Å². The van der Waals surface area contributed by atoms with Crippen molar-refractivity contribution in [2.45, 2.75) is 19.4 Å². The van der Waals surface area contributed by atoms with Crippen LogP contribution in [0.5, 0.6) is 11.5 Å². The van der Waals surface area contributed by atoms with E-state index in [0.29, 0.717) is 35.3 Å². The first-order valence-electron chi connectivity index (χ1n) is 6.35. The lowest BCUT2D eigenvalue weighted by Crippen LogP contribution is -2.39. The summed E-state index contributed by atoms with van der Waals surface area (Å²) in [5.41, 5.74) is -0.548. The summed E-state index contributed by atoms with van der Waals surface area (Å²) in [6.07, 6.45) is 0. The average molecular weight is 300 g/mol. The number of rotatable bonds is 3. The molecule has 2 rings (SSSR count). The Morgan fingerprint density at radius 2 is 2.05 bits per heavy atom. The second-order valence-electron chi connectivity index (χ2n) is 5.46. The van der Waals surface area contributed by atoms with Crippen LogP contribution in [0.25, 0.3) is 0 Å². The summed E-state index contributed by atoms with van der Waals surface area (Å²) >= 11 is 6.10. The third-order valence-corrected chi connectivity index (χ3v) is 3.10. The number of benzene rings is 1. The van der Waals surface area contributed by atoms with E-state index in [1.54, 1.807) is 33.0 Å². The minimum absolute atomic E-state index is 0.220. The van der Waals surface area contributed by atoms with Crippen LogP contribution in [0.2, 0.25) is 5.02 Å². The van der Waals surface area contributed by atoms with Crippen LogP contribution in [0.1, 0.15) is 24.2 Å². The SMILES string of the molecule is CN(CC(C)(C)O)C(=O)c1cc(Cl)c2c(c1)OCCO2. The third kappa shape index (κ3) is 3.35. The van der Waals surface area contributed by atoms with Gasteiger partial charge in [-0.1, -0.05) is 11.6 Å². The van der Waals surface area contributed by atoms with Crippen LogP contribution < -0.4 is 9.47 Å². The number of ether oxygens (including phenoxy) is 2. The molecule has 0 radical (unpaired) electrons. The maximum atomic E-state index is 12.3. The van der Waals surface area contributed by atoms with Crippen molar-refractivity contribution in [2.75, 3.05) is 26.8 Å². The van der Waals surface area contributed by atoms with Crippen molar-refractivity contribution >= 4 is 17.5 Å². The van der Waals surface area contributed by atoms with E-state index in [2.05, 4.69) is 0 Å². The van der Waals surface area contributed by atoms with Crippen LogP contribution >= 0.6 is 11.6 Å². The number of carbonyl (C=O) groups is 1. The van der Waals surface area contributed by atoms with Crippen LogP contribution in [-0.4, -0.2) is 48.3 Å². The molecule has 1 aromatic carbocycles. The van der Waals surface area contributed by atoms with E-state index in [1.807, 2.05) is 0 Å². The third-order valence-electron chi connectivity index (χ3n) is 2.81. The smallest absolute Gasteiger partial charge is 0.253 e. The lowest BCUT2D eigenvalue weighted by molar-refractivity contribution is 0.0367. The van der Waals surface area contributed by atoms with Gasteiger partial charge in [0.25, 0.3) is 5.91 Å². The number of likely N-dealkylation sites (N-methyl/N-ethyl adjacent to an activating group) is 1. The van der Waals surface area contributed by atoms with Crippen molar-refractivity contribution in [3.8, 4) is 11.5 Å². The summed E-state index contributed by atoms with van der Waals surface area (Å²) in [6.45, 7) is 4.39. The van der Waals surface area contributed by atoms with Crippen LogP contribution in [0, 0.1) is 0 Å². The molecule has 0 unspecified atom stereocenters. The summed E-state index contributed by atoms with van der Waals surface area (Å²) < 4.78 is 10.9. The zero-order chi connectivity index (χ0) is 14.9. The van der Waals surface area contributed by atoms with Gasteiger partial charge in [-0.15, -0.1) is 0 Å². The maximum absolute atomic E-state index is 12.3. The summed E-state index contributed by atoms with van der Waals surface area (Å²) in [6, 6.07) is 3.17. The highest BCUT2D eigenvalue weighted by Gasteiger charge is 2.23. The molecule has 0 atom stereocenters. The lowest BCUT2D eigenvalue weighted by Gasteiger charge is -2.26. The van der Waals surface area contributed by atoms with Crippen molar-refractivity contribution in [2.24, 2.45) is 0 Å². The van der Waals surface area contributed by atoms with Crippen molar-refractivity contribution in [3.05, 3.63) is 22.7 Å². The molecule has 5 nitrogen and oxygen atoms in total. The molecule has 6 heteroatoms. The summed E-state index contributed by atoms with van der Waals surface area (Å²) in [5.74, 6) is 0.717. The molecular weight excluding hydrogens is 282 g/mol. The van der Waals surface area contributed by atoms with Crippen molar-refractivity contribution in [3.63, 3.8) is 0 Å². The highest BCUT2D eigenvalue weighted by atomic mass is 35.5. The fourth-order valence-corrected chi connectivity index (χ4v) is 2.37. The minimum atomic E-state index is -0.956. The van der Waals surface area contributed by atoms with Gasteiger partial charge in [0.1, 0.15) is 13.2 Å². The van der Waals surface area contributed by atoms with E-state index >= 15 is 0 Å². The number of carbonyl (C=O) groups excluding carboxylic acids is 1. The quantitative estimate of drug-likeness (QED) is 0.927. The van der Waals surface area contributed by atoms with Crippen molar-refractivity contribution in [1.29, 1.82) is 0 Å². The molecule has 110 valence electrons. The number of fused-ring (bicyclic) bond motifs is 1. The average Bonchev–Trinajstić information content (AvgIpc) is 2.35. The molecule has 0 saturated carbocycles. The van der Waals surface area contributed by atoms with Gasteiger partial charge >= 0.3 is 0 Å². The number of halogens is 1. The zero-order valence-corrected chi connectivity index (χ0v) is 12.5. The molecule has 1 amide bonds. The van der Waals surface area contributed by atoms with Gasteiger partial charge in [-0.25, -0.2) is 0 Å². The molecule has 0 bridgehead atoms. The first-order valence-corrected chi connectivity index (χ1v) is 6.73. The standard InChI is InChI=1S/C14H18ClNO4/c1-14(2,18)8-16(3)13(17)9-6-10(15)12-11(7-9)19-4-5-20-12/h6-7,18H,4-5,8H2,1-3H3. The van der Waals surface area contributed by atoms with Gasteiger partial charge < -0.3 is 19.5 Å². The van der Waals surface area contributed by atoms with Gasteiger partial charge in [-0.3, -0.25) is 4.79 Å². The fourth-order valence-electron chi connectivity index (χ4n) is 2.11. The monoisotopic (exact) mass is 299 g/mol. The minimum Gasteiger partial charge on any atom is -0.486 e. The van der Waals surface area contributed by atoms with Gasteiger partial charge in [0.05, 0.1) is 10.6 Å². The largest absolute Gasteiger partial charge is 0.486 e. The van der Waals surface area contributed by atoms with Crippen molar-refractivity contribution in [1.82, 2.24) is 4.90 Å². The Hall–Kier alpha value is -1.46. The van der Waals surface area contributed by atoms with E-state index in [1.165, 1.54) is 4.90 Å². The Kier molecular flexibility index (Phi) is 4.11. The first kappa shape index (κ1) is 14.9. The summed E-state index contributed by atoms with van der Waals surface area (Å²) in [5, 5.41) is 10.1. The Morgan fingerprint density at radius 3 is 2.70 bits per heavy atom.